The first-order valence-electron chi connectivity index (χ1n) is 25.7. The third-order valence-electron chi connectivity index (χ3n) is 12.2. The lowest BCUT2D eigenvalue weighted by atomic mass is 9.47. The first-order chi connectivity index (χ1) is 31.7. The molecule has 3 fully saturated rings. The molecular formula is C57H145ClN3O12S13-. The fourth-order valence-corrected chi connectivity index (χ4v) is 10.2. The highest BCUT2D eigenvalue weighted by molar-refractivity contribution is 8.09. The van der Waals surface area contributed by atoms with E-state index < -0.39 is 26.7 Å². The quantitative estimate of drug-likeness (QED) is 0.0237. The molecule has 8 atom stereocenters. The summed E-state index contributed by atoms with van der Waals surface area (Å²) in [7, 11) is -4.06. The lowest BCUT2D eigenvalue weighted by Gasteiger charge is -2.58. The highest BCUT2D eigenvalue weighted by atomic mass is 35.5. The third kappa shape index (κ3) is 67.0. The molecule has 4 aliphatic rings. The van der Waals surface area contributed by atoms with E-state index in [0.29, 0.717) is 10.8 Å². The van der Waals surface area contributed by atoms with Crippen molar-refractivity contribution in [3.05, 3.63) is 11.6 Å². The van der Waals surface area contributed by atoms with Crippen LogP contribution in [0.25, 0.3) is 0 Å². The number of hydrogen-bond donors (Lipinski definition) is 3. The van der Waals surface area contributed by atoms with Crippen LogP contribution >= 0.6 is 174 Å². The van der Waals surface area contributed by atoms with Crippen LogP contribution in [0.4, 0.5) is 4.79 Å². The molecule has 0 saturated heterocycles. The Kier molecular flexibility index (Phi) is 114. The molecule has 0 heterocycles. The van der Waals surface area contributed by atoms with Gasteiger partial charge in [0.15, 0.2) is 6.08 Å². The van der Waals surface area contributed by atoms with E-state index in [1.807, 2.05) is 83.1 Å². The molecular weight excluding hydrogens is 1370 g/mol. The van der Waals surface area contributed by atoms with E-state index in [0.717, 1.165) is 67.3 Å². The molecule has 546 valence electrons. The van der Waals surface area contributed by atoms with Crippen LogP contribution in [0.2, 0.25) is 0 Å². The van der Waals surface area contributed by atoms with E-state index in [4.69, 9.17) is 41.2 Å². The van der Waals surface area contributed by atoms with E-state index in [9.17, 15) is 23.7 Å². The SMILES string of the molecule is C.C.C.C.CC.CC.CC.CC(=O)OC(C)(C)C.CC(=O)OC(C)(C)C.CC(C)(C)OC([O-])=NN=N.CC(C)CCCC(C)C1CCC2C3CC=C4CC(OC(=O)Cl)CCC4(C)C3CCC12C.CS(C)(=O)(O)OO.S.S.S.S.S.S.S.S.S.S.S.S. The Morgan fingerprint density at radius 1 is 0.686 bits per heavy atom. The molecule has 0 aliphatic heterocycles. The number of ether oxygens (including phenoxy) is 4. The van der Waals surface area contributed by atoms with Crippen molar-refractivity contribution in [1.29, 1.82) is 5.53 Å². The average Bonchev–Trinajstić information content (AvgIpc) is 3.55. The van der Waals surface area contributed by atoms with Crippen molar-refractivity contribution in [3.8, 4) is 0 Å². The smallest absolute Gasteiger partial charge is 0.404 e. The minimum Gasteiger partial charge on any atom is -0.593 e. The molecule has 3 N–H and O–H groups in total. The summed E-state index contributed by atoms with van der Waals surface area (Å²) in [4.78, 5) is 31.7. The second-order valence-corrected chi connectivity index (χ2v) is 26.1. The third-order valence-corrected chi connectivity index (χ3v) is 12.7. The van der Waals surface area contributed by atoms with E-state index in [-0.39, 0.29) is 221 Å². The predicted octanol–water partition coefficient (Wildman–Crippen LogP) is 18.9. The Morgan fingerprint density at radius 2 is 1.06 bits per heavy atom. The number of nitrogens with zero attached hydrogens (tertiary/aromatic N) is 2. The normalized spacial score (nSPS) is 20.7. The van der Waals surface area contributed by atoms with Crippen molar-refractivity contribution in [3.63, 3.8) is 0 Å². The fourth-order valence-electron chi connectivity index (χ4n) is 10.1. The van der Waals surface area contributed by atoms with Gasteiger partial charge in [0.2, 0.25) is 0 Å². The van der Waals surface area contributed by atoms with E-state index in [1.165, 1.54) is 65.2 Å². The lowest BCUT2D eigenvalue weighted by Crippen LogP contribution is -2.51. The van der Waals surface area contributed by atoms with Gasteiger partial charge in [-0.2, -0.15) is 167 Å². The van der Waals surface area contributed by atoms with Gasteiger partial charge in [-0.1, -0.05) is 163 Å². The zero-order valence-electron chi connectivity index (χ0n) is 54.6. The number of fused-ring (bicyclic) bond motifs is 5. The number of carbonyl (C=O) groups is 3. The van der Waals surface area contributed by atoms with Crippen molar-refractivity contribution >= 4 is 207 Å². The van der Waals surface area contributed by atoms with Crippen molar-refractivity contribution in [1.82, 2.24) is 0 Å². The summed E-state index contributed by atoms with van der Waals surface area (Å²) in [6.07, 6.45) is 17.7. The number of esters is 2. The summed E-state index contributed by atoms with van der Waals surface area (Å²) < 4.78 is 41.5. The maximum Gasteiger partial charge on any atom is 0.404 e. The van der Waals surface area contributed by atoms with E-state index in [2.05, 4.69) is 60.1 Å². The Morgan fingerprint density at radius 3 is 1.35 bits per heavy atom. The first-order valence-corrected chi connectivity index (χ1v) is 28.7. The summed E-state index contributed by atoms with van der Waals surface area (Å²) in [5.74, 6) is 4.74. The largest absolute Gasteiger partial charge is 0.593 e. The van der Waals surface area contributed by atoms with E-state index in [1.54, 1.807) is 26.3 Å². The maximum atomic E-state index is 11.2. The van der Waals surface area contributed by atoms with Gasteiger partial charge in [0.1, 0.15) is 26.9 Å². The highest BCUT2D eigenvalue weighted by Gasteiger charge is 2.59. The van der Waals surface area contributed by atoms with Crippen molar-refractivity contribution in [2.24, 2.45) is 56.7 Å². The van der Waals surface area contributed by atoms with Gasteiger partial charge in [0.25, 0.3) is 0 Å². The molecule has 0 bridgehead atoms. The summed E-state index contributed by atoms with van der Waals surface area (Å²) in [5, 5.41) is 23.5. The van der Waals surface area contributed by atoms with Gasteiger partial charge in [-0.25, -0.2) is 14.3 Å². The number of halogens is 1. The number of carbonyl (C=O) groups excluding carboxylic acids is 3. The monoisotopic (exact) mass is 1510 g/mol. The van der Waals surface area contributed by atoms with Gasteiger partial charge in [0.05, 0.1) is 0 Å². The van der Waals surface area contributed by atoms with Gasteiger partial charge in [-0.05, 0) is 133 Å². The van der Waals surface area contributed by atoms with Gasteiger partial charge in [-0.3, -0.25) is 9.59 Å². The highest BCUT2D eigenvalue weighted by Crippen LogP contribution is 2.67. The van der Waals surface area contributed by atoms with E-state index >= 15 is 0 Å². The number of nitrogens with one attached hydrogen (secondary N) is 1. The first kappa shape index (κ1) is 144. The van der Waals surface area contributed by atoms with Crippen LogP contribution in [-0.4, -0.2) is 72.9 Å². The van der Waals surface area contributed by atoms with Gasteiger partial charge in [-0.15, -0.1) is 9.44 Å². The lowest BCUT2D eigenvalue weighted by molar-refractivity contribution is -0.260. The van der Waals surface area contributed by atoms with Crippen LogP contribution in [0.3, 0.4) is 0 Å². The topological polar surface area (TPSA) is 227 Å². The van der Waals surface area contributed by atoms with Gasteiger partial charge >= 0.3 is 17.4 Å². The van der Waals surface area contributed by atoms with Crippen LogP contribution in [0.5, 0.6) is 0 Å². The molecule has 8 unspecified atom stereocenters. The second kappa shape index (κ2) is 67.9. The van der Waals surface area contributed by atoms with Crippen molar-refractivity contribution in [2.45, 2.75) is 276 Å². The molecule has 0 spiro atoms. The Labute approximate surface area is 619 Å². The summed E-state index contributed by atoms with van der Waals surface area (Å²) in [5.41, 5.74) is 6.75. The average molecular weight is 1520 g/mol. The minimum absolute atomic E-state index is 0. The minimum atomic E-state index is -4.06. The van der Waals surface area contributed by atoms with Crippen LogP contribution in [0.1, 0.15) is 253 Å². The maximum absolute atomic E-state index is 11.2. The molecule has 86 heavy (non-hydrogen) atoms. The van der Waals surface area contributed by atoms with Crippen LogP contribution < -0.4 is 5.11 Å². The number of rotatable bonds is 8. The van der Waals surface area contributed by atoms with Crippen molar-refractivity contribution < 1.29 is 56.8 Å². The van der Waals surface area contributed by atoms with Gasteiger partial charge in [0, 0.05) is 50.0 Å². The second-order valence-electron chi connectivity index (χ2n) is 22.3. The zero-order chi connectivity index (χ0) is 56.3. The molecule has 0 aromatic heterocycles. The summed E-state index contributed by atoms with van der Waals surface area (Å²) in [6.45, 7) is 43.5. The molecule has 0 aromatic rings. The molecule has 3 saturated carbocycles. The number of allylic oxidation sites excluding steroid dienone is 1. The standard InChI is InChI=1S/C28H45ClO2.2C6H12O2.C5H11N3O2.C2H8O4S.3C2H6.4CH4.12H2S/c1-18(2)7-6-8-19(3)23-11-12-24-22-10-9-20-17-21(31-26(29)30)13-15-27(20,4)25(22)14-16-28(23,24)5;2*1-5(7)8-6(2,3)4;1-5(2,3)10-4(9)7-8-6;1-7(2,4,5)6-3;3*1-2;;;;;;;;;;;;;;;;/h9,18-19,21-25H,6-8,10-17H2,1-5H3;2*1-4H3;1-3H3,(H2,6,7,9);3H,1-2H3,(H,4,5);3*1-2H3;4*1H4;12*1H2/p-1. The summed E-state index contributed by atoms with van der Waals surface area (Å²) in [6, 6.07) is 0. The van der Waals surface area contributed by atoms with Crippen LogP contribution in [0.15, 0.2) is 22.0 Å². The predicted molar refractivity (Wildman–Crippen MR) is 437 cm³/mol. The zero-order valence-corrected chi connectivity index (χ0v) is 68.1. The molecule has 0 amide bonds. The molecule has 0 aromatic carbocycles. The Balaban J connectivity index is -0.0000000377. The van der Waals surface area contributed by atoms with Gasteiger partial charge < -0.3 is 28.6 Å². The Bertz CT molecular complexity index is 1660. The van der Waals surface area contributed by atoms with Crippen LogP contribution in [0, 0.1) is 51.9 Å². The fraction of sp³-hybridized carbons (Fsp3) is 0.895. The summed E-state index contributed by atoms with van der Waals surface area (Å²) >= 11 is 5.51. The molecule has 4 aliphatic carbocycles. The Hall–Kier alpha value is 1.54. The molecule has 15 nitrogen and oxygen atoms in total. The molecule has 29 heteroatoms. The van der Waals surface area contributed by atoms with Crippen LogP contribution in [-0.2, 0) is 42.5 Å². The van der Waals surface area contributed by atoms with Crippen molar-refractivity contribution in [2.75, 3.05) is 12.5 Å². The molecule has 0 radical (unpaired) electrons. The molecule has 4 rings (SSSR count). The number of hydrogen-bond acceptors (Lipinski definition) is 13.